The summed E-state index contributed by atoms with van der Waals surface area (Å²) in [5.74, 6) is 0. The van der Waals surface area contributed by atoms with E-state index >= 15 is 0 Å². The topological polar surface area (TPSA) is 40.5 Å². The third kappa shape index (κ3) is 0.640. The van der Waals surface area contributed by atoms with Gasteiger partial charge in [0.2, 0.25) is 0 Å². The van der Waals surface area contributed by atoms with Crippen LogP contribution >= 0.6 is 0 Å². The molecule has 7 heavy (non-hydrogen) atoms. The lowest BCUT2D eigenvalue weighted by Gasteiger charge is -1.98. The van der Waals surface area contributed by atoms with Gasteiger partial charge in [-0.3, -0.25) is 0 Å². The summed E-state index contributed by atoms with van der Waals surface area (Å²) in [6, 6.07) is 0. The molecule has 0 heterocycles. The van der Waals surface area contributed by atoms with Crippen molar-refractivity contribution in [3.8, 4) is 0 Å². The van der Waals surface area contributed by atoms with Crippen LogP contribution in [0.3, 0.4) is 0 Å². The van der Waals surface area contributed by atoms with Gasteiger partial charge in [0.1, 0.15) is 0 Å². The summed E-state index contributed by atoms with van der Waals surface area (Å²) < 4.78 is 0. The molecule has 0 aromatic carbocycles. The molecule has 0 aromatic heterocycles. The van der Waals surface area contributed by atoms with Gasteiger partial charge in [0, 0.05) is 5.41 Å². The lowest BCUT2D eigenvalue weighted by Crippen LogP contribution is -2.05. The Morgan fingerprint density at radius 2 is 2.29 bits per heavy atom. The third-order valence-electron chi connectivity index (χ3n) is 1.67. The Bertz CT molecular complexity index is 78.1. The van der Waals surface area contributed by atoms with Crippen molar-refractivity contribution >= 4 is 0 Å². The molecule has 0 radical (unpaired) electrons. The SMILES string of the molecule is C[C@]1(CO)CC1O. The Hall–Kier alpha value is -0.0800. The second-order valence-electron chi connectivity index (χ2n) is 2.53. The molecule has 42 valence electrons. The molecule has 1 aliphatic carbocycles. The molecule has 1 aliphatic rings. The lowest BCUT2D eigenvalue weighted by atomic mass is 10.2. The molecular formula is C5H10O2. The van der Waals surface area contributed by atoms with Gasteiger partial charge in [-0.05, 0) is 6.42 Å². The smallest absolute Gasteiger partial charge is 0.0623 e. The van der Waals surface area contributed by atoms with Crippen molar-refractivity contribution in [1.29, 1.82) is 0 Å². The van der Waals surface area contributed by atoms with E-state index in [0.29, 0.717) is 0 Å². The van der Waals surface area contributed by atoms with Gasteiger partial charge >= 0.3 is 0 Å². The Labute approximate surface area is 42.8 Å². The maximum Gasteiger partial charge on any atom is 0.0623 e. The predicted octanol–water partition coefficient (Wildman–Crippen LogP) is -0.250. The molecule has 0 saturated heterocycles. The fourth-order valence-electron chi connectivity index (χ4n) is 0.553. The van der Waals surface area contributed by atoms with Crippen LogP contribution < -0.4 is 0 Å². The largest absolute Gasteiger partial charge is 0.396 e. The zero-order chi connectivity index (χ0) is 5.49. The minimum absolute atomic E-state index is 0.119. The average Bonchev–Trinajstić information content (AvgIpc) is 2.18. The van der Waals surface area contributed by atoms with Crippen LogP contribution in [0.15, 0.2) is 0 Å². The van der Waals surface area contributed by atoms with Crippen molar-refractivity contribution in [2.24, 2.45) is 5.41 Å². The number of hydrogen-bond acceptors (Lipinski definition) is 2. The van der Waals surface area contributed by atoms with Crippen molar-refractivity contribution < 1.29 is 10.2 Å². The van der Waals surface area contributed by atoms with Gasteiger partial charge in [-0.1, -0.05) is 6.92 Å². The van der Waals surface area contributed by atoms with Gasteiger partial charge in [0.25, 0.3) is 0 Å². The van der Waals surface area contributed by atoms with E-state index in [9.17, 15) is 0 Å². The van der Waals surface area contributed by atoms with Crippen LogP contribution in [-0.4, -0.2) is 22.9 Å². The molecule has 0 amide bonds. The summed E-state index contributed by atoms with van der Waals surface area (Å²) in [6.45, 7) is 1.99. The quantitative estimate of drug-likeness (QED) is 0.479. The maximum atomic E-state index is 8.73. The summed E-state index contributed by atoms with van der Waals surface area (Å²) in [5, 5.41) is 17.2. The standard InChI is InChI=1S/C5H10O2/c1-5(3-6)2-4(5)7/h4,6-7H,2-3H2,1H3/t4?,5-/m1/s1. The second kappa shape index (κ2) is 1.20. The van der Waals surface area contributed by atoms with Gasteiger partial charge in [-0.25, -0.2) is 0 Å². The monoisotopic (exact) mass is 102 g/mol. The first kappa shape index (κ1) is 5.06. The first-order chi connectivity index (χ1) is 3.19. The van der Waals surface area contributed by atoms with E-state index in [4.69, 9.17) is 10.2 Å². The molecule has 0 aliphatic heterocycles. The van der Waals surface area contributed by atoms with Gasteiger partial charge in [0.05, 0.1) is 12.7 Å². The highest BCUT2D eigenvalue weighted by Crippen LogP contribution is 2.44. The van der Waals surface area contributed by atoms with Crippen molar-refractivity contribution in [3.63, 3.8) is 0 Å². The molecule has 0 aromatic rings. The molecule has 1 rings (SSSR count). The molecule has 1 unspecified atom stereocenters. The minimum atomic E-state index is -0.238. The highest BCUT2D eigenvalue weighted by molar-refractivity contribution is 4.98. The molecule has 0 spiro atoms. The zero-order valence-electron chi connectivity index (χ0n) is 4.39. The van der Waals surface area contributed by atoms with E-state index in [1.54, 1.807) is 0 Å². The summed E-state index contributed by atoms with van der Waals surface area (Å²) in [4.78, 5) is 0. The third-order valence-corrected chi connectivity index (χ3v) is 1.67. The molecule has 0 bridgehead atoms. The molecule has 2 heteroatoms. The first-order valence-corrected chi connectivity index (χ1v) is 2.48. The van der Waals surface area contributed by atoms with E-state index in [1.165, 1.54) is 0 Å². The predicted molar refractivity (Wildman–Crippen MR) is 25.8 cm³/mol. The molecular weight excluding hydrogens is 92.1 g/mol. The molecule has 2 N–H and O–H groups in total. The fourth-order valence-corrected chi connectivity index (χ4v) is 0.553. The number of hydrogen-bond donors (Lipinski definition) is 2. The van der Waals surface area contributed by atoms with Crippen LogP contribution in [0.5, 0.6) is 0 Å². The Morgan fingerprint density at radius 1 is 1.86 bits per heavy atom. The minimum Gasteiger partial charge on any atom is -0.396 e. The van der Waals surface area contributed by atoms with Crippen LogP contribution in [0.1, 0.15) is 13.3 Å². The summed E-state index contributed by atoms with van der Waals surface area (Å²) >= 11 is 0. The highest BCUT2D eigenvalue weighted by atomic mass is 16.3. The first-order valence-electron chi connectivity index (χ1n) is 2.48. The van der Waals surface area contributed by atoms with Gasteiger partial charge in [-0.2, -0.15) is 0 Å². The van der Waals surface area contributed by atoms with E-state index in [0.717, 1.165) is 6.42 Å². The summed E-state index contributed by atoms with van der Waals surface area (Å²) in [7, 11) is 0. The number of rotatable bonds is 1. The maximum absolute atomic E-state index is 8.73. The van der Waals surface area contributed by atoms with Crippen LogP contribution in [0.4, 0.5) is 0 Å². The van der Waals surface area contributed by atoms with E-state index in [2.05, 4.69) is 0 Å². The van der Waals surface area contributed by atoms with Crippen LogP contribution in [0.25, 0.3) is 0 Å². The number of aliphatic hydroxyl groups is 2. The summed E-state index contributed by atoms with van der Waals surface area (Å²) in [6.07, 6.45) is 0.529. The van der Waals surface area contributed by atoms with Crippen LogP contribution in [0, 0.1) is 5.41 Å². The Morgan fingerprint density at radius 3 is 2.29 bits per heavy atom. The average molecular weight is 102 g/mol. The van der Waals surface area contributed by atoms with E-state index < -0.39 is 0 Å². The number of aliphatic hydroxyl groups excluding tert-OH is 2. The summed E-state index contributed by atoms with van der Waals surface area (Å²) in [5.41, 5.74) is -0.139. The zero-order valence-corrected chi connectivity index (χ0v) is 4.39. The normalized spacial score (nSPS) is 49.3. The van der Waals surface area contributed by atoms with Crippen molar-refractivity contribution in [3.05, 3.63) is 0 Å². The Balaban J connectivity index is 2.36. The molecule has 1 saturated carbocycles. The van der Waals surface area contributed by atoms with Gasteiger partial charge in [0.15, 0.2) is 0 Å². The van der Waals surface area contributed by atoms with Crippen molar-refractivity contribution in [1.82, 2.24) is 0 Å². The fraction of sp³-hybridized carbons (Fsp3) is 1.00. The lowest BCUT2D eigenvalue weighted by molar-refractivity contribution is 0.158. The van der Waals surface area contributed by atoms with Gasteiger partial charge in [-0.15, -0.1) is 0 Å². The second-order valence-corrected chi connectivity index (χ2v) is 2.53. The molecule has 2 nitrogen and oxygen atoms in total. The van der Waals surface area contributed by atoms with Crippen LogP contribution in [-0.2, 0) is 0 Å². The van der Waals surface area contributed by atoms with E-state index in [1.807, 2.05) is 6.92 Å². The van der Waals surface area contributed by atoms with Crippen molar-refractivity contribution in [2.75, 3.05) is 6.61 Å². The van der Waals surface area contributed by atoms with E-state index in [-0.39, 0.29) is 18.1 Å². The Kier molecular flexibility index (Phi) is 0.869. The molecule has 1 fully saturated rings. The molecule has 2 atom stereocenters. The highest BCUT2D eigenvalue weighted by Gasteiger charge is 2.48. The van der Waals surface area contributed by atoms with Crippen LogP contribution in [0.2, 0.25) is 0 Å². The van der Waals surface area contributed by atoms with Gasteiger partial charge < -0.3 is 10.2 Å². The van der Waals surface area contributed by atoms with Crippen molar-refractivity contribution in [2.45, 2.75) is 19.4 Å².